The second-order valence-corrected chi connectivity index (χ2v) is 4.95. The van der Waals surface area contributed by atoms with Gasteiger partial charge >= 0.3 is 5.97 Å². The minimum atomic E-state index is -0.665. The minimum Gasteiger partial charge on any atom is -0.481 e. The first kappa shape index (κ1) is 12.6. The van der Waals surface area contributed by atoms with Gasteiger partial charge in [-0.25, -0.2) is 0 Å². The molecule has 0 aliphatic heterocycles. The zero-order chi connectivity index (χ0) is 13.0. The monoisotopic (exact) mass is 244 g/mol. The molecule has 0 aromatic carbocycles. The summed E-state index contributed by atoms with van der Waals surface area (Å²) in [7, 11) is 0. The molecule has 1 N–H and O–H groups in total. The van der Waals surface area contributed by atoms with Gasteiger partial charge in [-0.3, -0.25) is 9.78 Å². The third-order valence-electron chi connectivity index (χ3n) is 3.64. The summed E-state index contributed by atoms with van der Waals surface area (Å²) < 4.78 is 0. The lowest BCUT2D eigenvalue weighted by molar-refractivity contribution is -0.143. The Morgan fingerprint density at radius 1 is 1.39 bits per heavy atom. The lowest BCUT2D eigenvalue weighted by atomic mass is 9.79. The maximum Gasteiger partial charge on any atom is 0.306 e. The van der Waals surface area contributed by atoms with Crippen LogP contribution in [0.1, 0.15) is 36.8 Å². The molecule has 1 aliphatic rings. The van der Waals surface area contributed by atoms with Crippen molar-refractivity contribution in [1.82, 2.24) is 4.98 Å². The van der Waals surface area contributed by atoms with Crippen molar-refractivity contribution < 1.29 is 9.90 Å². The second kappa shape index (κ2) is 5.63. The van der Waals surface area contributed by atoms with Crippen LogP contribution in [0.4, 0.5) is 0 Å². The normalized spacial score (nSPS) is 23.3. The van der Waals surface area contributed by atoms with E-state index in [4.69, 9.17) is 10.4 Å². The fourth-order valence-corrected chi connectivity index (χ4v) is 2.61. The molecular weight excluding hydrogens is 228 g/mol. The SMILES string of the molecule is N#Cc1cncc(CC2CCC(C(=O)O)CC2)c1. The molecule has 1 fully saturated rings. The van der Waals surface area contributed by atoms with Gasteiger partial charge in [-0.15, -0.1) is 0 Å². The van der Waals surface area contributed by atoms with Gasteiger partial charge in [-0.1, -0.05) is 0 Å². The maximum absolute atomic E-state index is 10.9. The van der Waals surface area contributed by atoms with Gasteiger partial charge < -0.3 is 5.11 Å². The first-order valence-electron chi connectivity index (χ1n) is 6.26. The summed E-state index contributed by atoms with van der Waals surface area (Å²) in [5, 5.41) is 17.7. The van der Waals surface area contributed by atoms with Gasteiger partial charge in [0, 0.05) is 12.4 Å². The average Bonchev–Trinajstić information content (AvgIpc) is 2.39. The number of aliphatic carboxylic acids is 1. The molecule has 0 bridgehead atoms. The first-order chi connectivity index (χ1) is 8.69. The number of carboxylic acids is 1. The van der Waals surface area contributed by atoms with Crippen molar-refractivity contribution in [1.29, 1.82) is 5.26 Å². The molecule has 1 aromatic rings. The molecule has 1 heterocycles. The van der Waals surface area contributed by atoms with Gasteiger partial charge in [-0.05, 0) is 49.7 Å². The molecule has 0 radical (unpaired) electrons. The van der Waals surface area contributed by atoms with Crippen LogP contribution >= 0.6 is 0 Å². The Kier molecular flexibility index (Phi) is 3.93. The van der Waals surface area contributed by atoms with Crippen LogP contribution in [0.3, 0.4) is 0 Å². The molecule has 1 saturated carbocycles. The zero-order valence-electron chi connectivity index (χ0n) is 10.2. The predicted molar refractivity (Wildman–Crippen MR) is 65.7 cm³/mol. The van der Waals surface area contributed by atoms with E-state index in [-0.39, 0.29) is 5.92 Å². The summed E-state index contributed by atoms with van der Waals surface area (Å²) in [4.78, 5) is 14.9. The van der Waals surface area contributed by atoms with E-state index in [0.717, 1.165) is 37.7 Å². The molecule has 1 aliphatic carbocycles. The van der Waals surface area contributed by atoms with Crippen LogP contribution in [0.15, 0.2) is 18.5 Å². The smallest absolute Gasteiger partial charge is 0.306 e. The van der Waals surface area contributed by atoms with E-state index >= 15 is 0 Å². The molecule has 0 spiro atoms. The van der Waals surface area contributed by atoms with Crippen LogP contribution in [0.5, 0.6) is 0 Å². The number of pyridine rings is 1. The molecule has 94 valence electrons. The Morgan fingerprint density at radius 2 is 2.11 bits per heavy atom. The Morgan fingerprint density at radius 3 is 2.72 bits per heavy atom. The number of carbonyl (C=O) groups is 1. The van der Waals surface area contributed by atoms with E-state index in [1.165, 1.54) is 0 Å². The van der Waals surface area contributed by atoms with Gasteiger partial charge in [-0.2, -0.15) is 5.26 Å². The van der Waals surface area contributed by atoms with E-state index in [0.29, 0.717) is 11.5 Å². The number of aromatic nitrogens is 1. The number of carboxylic acid groups (broad SMARTS) is 1. The van der Waals surface area contributed by atoms with E-state index < -0.39 is 5.97 Å². The van der Waals surface area contributed by atoms with Gasteiger partial charge in [0.15, 0.2) is 0 Å². The lowest BCUT2D eigenvalue weighted by Crippen LogP contribution is -2.22. The Balaban J connectivity index is 1.91. The highest BCUT2D eigenvalue weighted by atomic mass is 16.4. The molecule has 0 saturated heterocycles. The van der Waals surface area contributed by atoms with Crippen molar-refractivity contribution in [3.8, 4) is 6.07 Å². The van der Waals surface area contributed by atoms with Gasteiger partial charge in [0.25, 0.3) is 0 Å². The van der Waals surface area contributed by atoms with E-state index in [1.54, 1.807) is 12.4 Å². The van der Waals surface area contributed by atoms with Gasteiger partial charge in [0.2, 0.25) is 0 Å². The highest BCUT2D eigenvalue weighted by Gasteiger charge is 2.25. The van der Waals surface area contributed by atoms with Crippen LogP contribution in [-0.2, 0) is 11.2 Å². The fraction of sp³-hybridized carbons (Fsp3) is 0.500. The minimum absolute atomic E-state index is 0.162. The molecule has 4 heteroatoms. The largest absolute Gasteiger partial charge is 0.481 e. The fourth-order valence-electron chi connectivity index (χ4n) is 2.61. The van der Waals surface area contributed by atoms with Crippen molar-refractivity contribution >= 4 is 5.97 Å². The van der Waals surface area contributed by atoms with Crippen LogP contribution in [0.2, 0.25) is 0 Å². The number of hydrogen-bond donors (Lipinski definition) is 1. The number of hydrogen-bond acceptors (Lipinski definition) is 3. The van der Waals surface area contributed by atoms with Gasteiger partial charge in [0.1, 0.15) is 6.07 Å². The van der Waals surface area contributed by atoms with Crippen molar-refractivity contribution in [3.05, 3.63) is 29.6 Å². The quantitative estimate of drug-likeness (QED) is 0.885. The molecule has 1 aromatic heterocycles. The molecule has 4 nitrogen and oxygen atoms in total. The average molecular weight is 244 g/mol. The summed E-state index contributed by atoms with van der Waals surface area (Å²) in [6.07, 6.45) is 7.70. The van der Waals surface area contributed by atoms with Crippen molar-refractivity contribution in [2.24, 2.45) is 11.8 Å². The predicted octanol–water partition coefficient (Wildman–Crippen LogP) is 2.39. The lowest BCUT2D eigenvalue weighted by Gasteiger charge is -2.25. The topological polar surface area (TPSA) is 74.0 Å². The third-order valence-corrected chi connectivity index (χ3v) is 3.64. The number of nitrogens with zero attached hydrogens (tertiary/aromatic N) is 2. The van der Waals surface area contributed by atoms with Crippen molar-refractivity contribution in [3.63, 3.8) is 0 Å². The van der Waals surface area contributed by atoms with Crippen LogP contribution in [0.25, 0.3) is 0 Å². The summed E-state index contributed by atoms with van der Waals surface area (Å²) in [5.41, 5.74) is 1.67. The number of nitriles is 1. The maximum atomic E-state index is 10.9. The first-order valence-corrected chi connectivity index (χ1v) is 6.26. The second-order valence-electron chi connectivity index (χ2n) is 4.95. The van der Waals surface area contributed by atoms with Crippen LogP contribution in [-0.4, -0.2) is 16.1 Å². The van der Waals surface area contributed by atoms with Crippen molar-refractivity contribution in [2.45, 2.75) is 32.1 Å². The summed E-state index contributed by atoms with van der Waals surface area (Å²) in [6, 6.07) is 3.96. The Hall–Kier alpha value is -1.89. The van der Waals surface area contributed by atoms with E-state index in [1.807, 2.05) is 6.07 Å². The molecule has 0 atom stereocenters. The zero-order valence-corrected chi connectivity index (χ0v) is 10.2. The van der Waals surface area contributed by atoms with E-state index in [9.17, 15) is 4.79 Å². The van der Waals surface area contributed by atoms with E-state index in [2.05, 4.69) is 11.1 Å². The standard InChI is InChI=1S/C14H16N2O2/c15-7-12-6-11(8-16-9-12)5-10-1-3-13(4-2-10)14(17)18/h6,8-10,13H,1-5H2,(H,17,18). The van der Waals surface area contributed by atoms with Crippen LogP contribution in [0, 0.1) is 23.2 Å². The molecule has 18 heavy (non-hydrogen) atoms. The summed E-state index contributed by atoms with van der Waals surface area (Å²) in [5.74, 6) is -0.303. The van der Waals surface area contributed by atoms with Gasteiger partial charge in [0.05, 0.1) is 11.5 Å². The molecular formula is C14H16N2O2. The molecule has 0 unspecified atom stereocenters. The Bertz CT molecular complexity index is 471. The summed E-state index contributed by atoms with van der Waals surface area (Å²) in [6.45, 7) is 0. The molecule has 0 amide bonds. The summed E-state index contributed by atoms with van der Waals surface area (Å²) >= 11 is 0. The Labute approximate surface area is 106 Å². The highest BCUT2D eigenvalue weighted by molar-refractivity contribution is 5.69. The highest BCUT2D eigenvalue weighted by Crippen LogP contribution is 2.31. The van der Waals surface area contributed by atoms with Crippen molar-refractivity contribution in [2.75, 3.05) is 0 Å². The number of rotatable bonds is 3. The molecule has 2 rings (SSSR count). The third kappa shape index (κ3) is 3.07. The van der Waals surface area contributed by atoms with Crippen LogP contribution < -0.4 is 0 Å².